The molecule has 2 aromatic rings. The Labute approximate surface area is 232 Å². The minimum absolute atomic E-state index is 0.00147. The Hall–Kier alpha value is -3.39. The predicted octanol–water partition coefficient (Wildman–Crippen LogP) is 1.91. The number of aryl methyl sites for hydroxylation is 1. The molecule has 1 aliphatic heterocycles. The highest BCUT2D eigenvalue weighted by atomic mass is 35.5. The molecule has 0 radical (unpaired) electrons. The molecule has 0 aromatic heterocycles. The number of amides is 3. The lowest BCUT2D eigenvalue weighted by atomic mass is 10.1. The third kappa shape index (κ3) is 7.82. The topological polar surface area (TPSA) is 158 Å². The van der Waals surface area contributed by atoms with Crippen LogP contribution in [-0.4, -0.2) is 69.5 Å². The Bertz CT molecular complexity index is 1300. The van der Waals surface area contributed by atoms with Gasteiger partial charge >= 0.3 is 11.8 Å². The van der Waals surface area contributed by atoms with E-state index in [0.29, 0.717) is 48.6 Å². The number of nitrogens with one attached hydrogen (secondary N) is 5. The van der Waals surface area contributed by atoms with Crippen LogP contribution in [0.3, 0.4) is 0 Å². The molecule has 0 saturated carbocycles. The Morgan fingerprint density at radius 3 is 2.41 bits per heavy atom. The molecule has 1 fully saturated rings. The first-order valence-electron chi connectivity index (χ1n) is 12.4. The lowest BCUT2D eigenvalue weighted by molar-refractivity contribution is -0.148. The summed E-state index contributed by atoms with van der Waals surface area (Å²) in [6.07, 6.45) is 0.0925. The van der Waals surface area contributed by atoms with Crippen LogP contribution < -0.4 is 26.1 Å². The van der Waals surface area contributed by atoms with Gasteiger partial charge in [-0.05, 0) is 61.7 Å². The van der Waals surface area contributed by atoms with E-state index < -0.39 is 33.9 Å². The molecule has 3 amide bonds. The van der Waals surface area contributed by atoms with Crippen molar-refractivity contribution in [2.24, 2.45) is 0 Å². The summed E-state index contributed by atoms with van der Waals surface area (Å²) in [6, 6.07) is 9.24. The van der Waals surface area contributed by atoms with Crippen LogP contribution in [-0.2, 0) is 29.1 Å². The molecule has 212 valence electrons. The molecule has 0 aliphatic carbocycles. The molecule has 14 heteroatoms. The summed E-state index contributed by atoms with van der Waals surface area (Å²) in [7, 11) is -4.01. The number of hydrogen-bond donors (Lipinski definition) is 5. The summed E-state index contributed by atoms with van der Waals surface area (Å²) in [5.74, 6) is -2.25. The second-order valence-corrected chi connectivity index (χ2v) is 10.8. The highest BCUT2D eigenvalue weighted by Crippen LogP contribution is 2.28. The number of carbonyl (C=O) groups excluding carboxylic acids is 3. The van der Waals surface area contributed by atoms with E-state index in [2.05, 4.69) is 26.1 Å². The van der Waals surface area contributed by atoms with Crippen molar-refractivity contribution in [1.29, 1.82) is 0 Å². The van der Waals surface area contributed by atoms with Crippen molar-refractivity contribution in [3.8, 4) is 0 Å². The molecule has 1 heterocycles. The summed E-state index contributed by atoms with van der Waals surface area (Å²) in [5, 5.41) is 9.50. The number of sulfonamides is 1. The lowest BCUT2D eigenvalue weighted by Gasteiger charge is -2.34. The van der Waals surface area contributed by atoms with Crippen molar-refractivity contribution >= 4 is 56.4 Å². The monoisotopic (exact) mass is 580 g/mol. The lowest BCUT2D eigenvalue weighted by Crippen LogP contribution is -2.59. The molecular formula is C25H33ClN6O6S. The molecule has 3 rings (SSSR count). The van der Waals surface area contributed by atoms with Crippen LogP contribution >= 0.6 is 11.6 Å². The van der Waals surface area contributed by atoms with Gasteiger partial charge in [0, 0.05) is 24.5 Å². The first-order valence-corrected chi connectivity index (χ1v) is 14.4. The number of hydrazine groups is 1. The Kier molecular flexibility index (Phi) is 10.5. The maximum Gasteiger partial charge on any atom is 0.331 e. The number of rotatable bonds is 10. The minimum atomic E-state index is -4.01. The fourth-order valence-electron chi connectivity index (χ4n) is 3.86. The summed E-state index contributed by atoms with van der Waals surface area (Å²) in [6.45, 7) is 6.77. The van der Waals surface area contributed by atoms with Gasteiger partial charge in [0.15, 0.2) is 0 Å². The van der Waals surface area contributed by atoms with Gasteiger partial charge in [-0.15, -0.1) is 11.6 Å². The number of morpholine rings is 1. The first kappa shape index (κ1) is 30.2. The molecule has 12 nitrogen and oxygen atoms in total. The average Bonchev–Trinajstić information content (AvgIpc) is 2.93. The summed E-state index contributed by atoms with van der Waals surface area (Å²) < 4.78 is 34.3. The molecule has 39 heavy (non-hydrogen) atoms. The van der Waals surface area contributed by atoms with Crippen molar-refractivity contribution in [3.05, 3.63) is 47.5 Å². The standard InChI is InChI=1S/C25H33ClN6O6S/c1-4-11-28-24(34)25(35)32(21-15-38-13-12-27-21)30-18-6-8-19(9-7-18)31-39(36,37)20-10-5-16(2)23(17(20)3)29-22(33)14-26/h5-10,21,27,30-31H,4,11-15H2,1-3H3,(H,28,34)(H,29,33). The van der Waals surface area contributed by atoms with E-state index in [9.17, 15) is 22.8 Å². The van der Waals surface area contributed by atoms with Crippen molar-refractivity contribution in [2.75, 3.05) is 47.6 Å². The number of ether oxygens (including phenoxy) is 1. The van der Waals surface area contributed by atoms with E-state index in [1.807, 2.05) is 6.92 Å². The molecule has 1 aliphatic rings. The number of anilines is 3. The number of benzene rings is 2. The molecule has 1 atom stereocenters. The zero-order valence-corrected chi connectivity index (χ0v) is 23.5. The van der Waals surface area contributed by atoms with Gasteiger partial charge in [-0.25, -0.2) is 13.4 Å². The summed E-state index contributed by atoms with van der Waals surface area (Å²) >= 11 is 5.59. The fraction of sp³-hybridized carbons (Fsp3) is 0.400. The molecule has 2 aromatic carbocycles. The zero-order valence-electron chi connectivity index (χ0n) is 22.0. The van der Waals surface area contributed by atoms with Crippen LogP contribution in [0.5, 0.6) is 0 Å². The second kappa shape index (κ2) is 13.6. The molecule has 0 spiro atoms. The average molecular weight is 581 g/mol. The van der Waals surface area contributed by atoms with E-state index in [4.69, 9.17) is 16.3 Å². The second-order valence-electron chi connectivity index (χ2n) is 8.83. The van der Waals surface area contributed by atoms with Gasteiger partial charge in [0.05, 0.1) is 23.8 Å². The number of hydrogen-bond acceptors (Lipinski definition) is 8. The van der Waals surface area contributed by atoms with Crippen molar-refractivity contribution in [2.45, 2.75) is 38.3 Å². The summed E-state index contributed by atoms with van der Waals surface area (Å²) in [4.78, 5) is 37.0. The number of nitrogens with zero attached hydrogens (tertiary/aromatic N) is 1. The molecule has 5 N–H and O–H groups in total. The van der Waals surface area contributed by atoms with E-state index in [0.717, 1.165) is 5.01 Å². The van der Waals surface area contributed by atoms with E-state index in [-0.39, 0.29) is 23.1 Å². The van der Waals surface area contributed by atoms with E-state index in [1.165, 1.54) is 18.2 Å². The highest BCUT2D eigenvalue weighted by Gasteiger charge is 2.30. The molecule has 1 saturated heterocycles. The van der Waals surface area contributed by atoms with Gasteiger partial charge in [-0.2, -0.15) is 0 Å². The van der Waals surface area contributed by atoms with Crippen LogP contribution in [0.25, 0.3) is 0 Å². The quantitative estimate of drug-likeness (QED) is 0.162. The van der Waals surface area contributed by atoms with Crippen LogP contribution in [0, 0.1) is 13.8 Å². The smallest absolute Gasteiger partial charge is 0.331 e. The van der Waals surface area contributed by atoms with Gasteiger partial charge < -0.3 is 15.4 Å². The Morgan fingerprint density at radius 2 is 1.79 bits per heavy atom. The van der Waals surface area contributed by atoms with Crippen molar-refractivity contribution in [3.63, 3.8) is 0 Å². The van der Waals surface area contributed by atoms with Crippen LogP contribution in [0.1, 0.15) is 24.5 Å². The van der Waals surface area contributed by atoms with Crippen molar-refractivity contribution in [1.82, 2.24) is 15.6 Å². The Morgan fingerprint density at radius 1 is 1.10 bits per heavy atom. The largest absolute Gasteiger partial charge is 0.376 e. The normalized spacial score (nSPS) is 15.2. The van der Waals surface area contributed by atoms with Gasteiger partial charge in [-0.1, -0.05) is 13.0 Å². The van der Waals surface area contributed by atoms with Crippen LogP contribution in [0.2, 0.25) is 0 Å². The summed E-state index contributed by atoms with van der Waals surface area (Å²) in [5.41, 5.74) is 5.09. The fourth-order valence-corrected chi connectivity index (χ4v) is 5.23. The predicted molar refractivity (Wildman–Crippen MR) is 149 cm³/mol. The van der Waals surface area contributed by atoms with Crippen molar-refractivity contribution < 1.29 is 27.5 Å². The molecule has 1 unspecified atom stereocenters. The third-order valence-corrected chi connectivity index (χ3v) is 7.62. The molecule has 0 bridgehead atoms. The van der Waals surface area contributed by atoms with Gasteiger partial charge in [-0.3, -0.25) is 29.8 Å². The van der Waals surface area contributed by atoms with Gasteiger partial charge in [0.2, 0.25) is 5.91 Å². The van der Waals surface area contributed by atoms with E-state index in [1.54, 1.807) is 32.0 Å². The highest BCUT2D eigenvalue weighted by molar-refractivity contribution is 7.92. The first-order chi connectivity index (χ1) is 18.6. The van der Waals surface area contributed by atoms with Gasteiger partial charge in [0.25, 0.3) is 10.0 Å². The third-order valence-electron chi connectivity index (χ3n) is 5.85. The van der Waals surface area contributed by atoms with Gasteiger partial charge in [0.1, 0.15) is 12.0 Å². The van der Waals surface area contributed by atoms with Crippen LogP contribution in [0.15, 0.2) is 41.3 Å². The maximum atomic E-state index is 13.2. The number of halogens is 1. The SMILES string of the molecule is CCCNC(=O)C(=O)N(Nc1ccc(NS(=O)(=O)c2ccc(C)c(NC(=O)CCl)c2C)cc1)C1COCCN1. The van der Waals surface area contributed by atoms with E-state index >= 15 is 0 Å². The number of carbonyl (C=O) groups is 3. The minimum Gasteiger partial charge on any atom is -0.376 e. The zero-order chi connectivity index (χ0) is 28.6. The van der Waals surface area contributed by atoms with Crippen LogP contribution in [0.4, 0.5) is 17.1 Å². The maximum absolute atomic E-state index is 13.2. The number of alkyl halides is 1. The Balaban J connectivity index is 1.78. The molecular weight excluding hydrogens is 548 g/mol.